The van der Waals surface area contributed by atoms with Gasteiger partial charge in [0.05, 0.1) is 11.3 Å². The van der Waals surface area contributed by atoms with E-state index in [1.807, 2.05) is 30.3 Å². The predicted octanol–water partition coefficient (Wildman–Crippen LogP) is 3.17. The highest BCUT2D eigenvalue weighted by atomic mass is 79.9. The van der Waals surface area contributed by atoms with Gasteiger partial charge in [-0.25, -0.2) is 0 Å². The lowest BCUT2D eigenvalue weighted by Crippen LogP contribution is -2.45. The third-order valence-electron chi connectivity index (χ3n) is 5.45. The minimum Gasteiger partial charge on any atom is -0.490 e. The number of H-pyrrole nitrogens is 1. The largest absolute Gasteiger partial charge is 0.490 e. The van der Waals surface area contributed by atoms with Crippen molar-refractivity contribution in [3.8, 4) is 5.75 Å². The van der Waals surface area contributed by atoms with Gasteiger partial charge in [-0.3, -0.25) is 14.5 Å². The van der Waals surface area contributed by atoms with Crippen LogP contribution >= 0.6 is 15.9 Å². The number of pyridine rings is 1. The molecule has 0 bridgehead atoms. The molecule has 1 aromatic heterocycles. The smallest absolute Gasteiger partial charge is 0.256 e. The summed E-state index contributed by atoms with van der Waals surface area (Å²) in [5.74, 6) is 0.254. The number of ether oxygens (including phenoxy) is 1. The van der Waals surface area contributed by atoms with Crippen LogP contribution in [0.3, 0.4) is 0 Å². The van der Waals surface area contributed by atoms with E-state index in [2.05, 4.69) is 43.1 Å². The number of para-hydroxylation sites is 2. The number of hydrogen-bond donors (Lipinski definition) is 2. The van der Waals surface area contributed by atoms with Crippen molar-refractivity contribution in [1.82, 2.24) is 14.8 Å². The van der Waals surface area contributed by atoms with Crippen LogP contribution in [0.1, 0.15) is 10.4 Å². The standard InChI is InChI=1S/C23H25BrN4O3/c1-27-8-10-28(11-9-27)12-13-31-21-5-3-2-4-20(21)26-23(30)18-15-22(29)25-19-7-6-16(24)14-17(18)19/h2-7,14-15H,8-13H2,1H3,(H,25,29)(H,26,30). The van der Waals surface area contributed by atoms with Crippen molar-refractivity contribution in [1.29, 1.82) is 0 Å². The fourth-order valence-corrected chi connectivity index (χ4v) is 4.02. The van der Waals surface area contributed by atoms with Crippen LogP contribution in [0.4, 0.5) is 5.69 Å². The molecule has 3 aromatic rings. The van der Waals surface area contributed by atoms with Gasteiger partial charge in [-0.1, -0.05) is 28.1 Å². The third kappa shape index (κ3) is 5.33. The second-order valence-electron chi connectivity index (χ2n) is 7.68. The molecule has 0 unspecified atom stereocenters. The average Bonchev–Trinajstić information content (AvgIpc) is 2.76. The van der Waals surface area contributed by atoms with E-state index >= 15 is 0 Å². The first-order valence-corrected chi connectivity index (χ1v) is 11.1. The summed E-state index contributed by atoms with van der Waals surface area (Å²) in [5, 5.41) is 3.57. The number of benzene rings is 2. The molecule has 1 amide bonds. The molecule has 162 valence electrons. The zero-order valence-corrected chi connectivity index (χ0v) is 18.9. The number of rotatable bonds is 6. The van der Waals surface area contributed by atoms with Crippen molar-refractivity contribution in [3.05, 3.63) is 68.9 Å². The van der Waals surface area contributed by atoms with Gasteiger partial charge < -0.3 is 19.9 Å². The first kappa shape index (κ1) is 21.5. The highest BCUT2D eigenvalue weighted by Crippen LogP contribution is 2.26. The number of nitrogens with zero attached hydrogens (tertiary/aromatic N) is 2. The van der Waals surface area contributed by atoms with E-state index in [0.717, 1.165) is 37.2 Å². The molecule has 0 atom stereocenters. The normalized spacial score (nSPS) is 15.2. The highest BCUT2D eigenvalue weighted by molar-refractivity contribution is 9.10. The molecule has 2 N–H and O–H groups in total. The molecule has 8 heteroatoms. The molecular weight excluding hydrogens is 460 g/mol. The Hall–Kier alpha value is -2.68. The van der Waals surface area contributed by atoms with E-state index in [1.54, 1.807) is 12.1 Å². The number of halogens is 1. The number of nitrogens with one attached hydrogen (secondary N) is 2. The van der Waals surface area contributed by atoms with Crippen molar-refractivity contribution in [2.24, 2.45) is 0 Å². The number of likely N-dealkylation sites (N-methyl/N-ethyl adjacent to an activating group) is 1. The van der Waals surface area contributed by atoms with Gasteiger partial charge in [0, 0.05) is 54.2 Å². The SMILES string of the molecule is CN1CCN(CCOc2ccccc2NC(=O)c2cc(=O)[nH]c3ccc(Br)cc23)CC1. The van der Waals surface area contributed by atoms with Crippen molar-refractivity contribution < 1.29 is 9.53 Å². The van der Waals surface area contributed by atoms with Gasteiger partial charge in [0.25, 0.3) is 5.91 Å². The number of carbonyl (C=O) groups excluding carboxylic acids is 1. The Morgan fingerprint density at radius 2 is 1.90 bits per heavy atom. The van der Waals surface area contributed by atoms with Gasteiger partial charge in [-0.2, -0.15) is 0 Å². The maximum Gasteiger partial charge on any atom is 0.256 e. The first-order valence-electron chi connectivity index (χ1n) is 10.3. The Kier molecular flexibility index (Phi) is 6.70. The number of carbonyl (C=O) groups is 1. The van der Waals surface area contributed by atoms with Gasteiger partial charge in [-0.15, -0.1) is 0 Å². The minimum absolute atomic E-state index is 0.312. The second-order valence-corrected chi connectivity index (χ2v) is 8.60. The number of aromatic amines is 1. The molecule has 7 nitrogen and oxygen atoms in total. The summed E-state index contributed by atoms with van der Waals surface area (Å²) in [7, 11) is 2.13. The minimum atomic E-state index is -0.357. The number of amides is 1. The third-order valence-corrected chi connectivity index (χ3v) is 5.94. The number of piperazine rings is 1. The second kappa shape index (κ2) is 9.64. The molecule has 1 aliphatic rings. The zero-order chi connectivity index (χ0) is 21.8. The molecular formula is C23H25BrN4O3. The Morgan fingerprint density at radius 1 is 1.13 bits per heavy atom. The maximum atomic E-state index is 13.0. The molecule has 4 rings (SSSR count). The maximum absolute atomic E-state index is 13.0. The van der Waals surface area contributed by atoms with Crippen LogP contribution in [-0.4, -0.2) is 67.1 Å². The Labute approximate surface area is 189 Å². The van der Waals surface area contributed by atoms with Crippen LogP contribution in [-0.2, 0) is 0 Å². The molecule has 2 heterocycles. The predicted molar refractivity (Wildman–Crippen MR) is 126 cm³/mol. The molecule has 31 heavy (non-hydrogen) atoms. The number of hydrogen-bond acceptors (Lipinski definition) is 5. The average molecular weight is 485 g/mol. The molecule has 2 aromatic carbocycles. The summed E-state index contributed by atoms with van der Waals surface area (Å²) in [6.07, 6.45) is 0. The van der Waals surface area contributed by atoms with E-state index in [4.69, 9.17) is 4.74 Å². The van der Waals surface area contributed by atoms with Crippen molar-refractivity contribution in [2.75, 3.05) is 51.7 Å². The number of fused-ring (bicyclic) bond motifs is 1. The van der Waals surface area contributed by atoms with Gasteiger partial charge in [0.15, 0.2) is 0 Å². The van der Waals surface area contributed by atoms with Crippen LogP contribution < -0.4 is 15.6 Å². The lowest BCUT2D eigenvalue weighted by atomic mass is 10.1. The van der Waals surface area contributed by atoms with E-state index in [1.165, 1.54) is 6.07 Å². The topological polar surface area (TPSA) is 77.7 Å². The molecule has 0 saturated carbocycles. The van der Waals surface area contributed by atoms with Crippen LogP contribution in [0.2, 0.25) is 0 Å². The highest BCUT2D eigenvalue weighted by Gasteiger charge is 2.16. The monoisotopic (exact) mass is 484 g/mol. The van der Waals surface area contributed by atoms with Crippen molar-refractivity contribution in [3.63, 3.8) is 0 Å². The van der Waals surface area contributed by atoms with Gasteiger partial charge in [-0.05, 0) is 37.4 Å². The van der Waals surface area contributed by atoms with E-state index in [-0.39, 0.29) is 11.5 Å². The molecule has 0 radical (unpaired) electrons. The Balaban J connectivity index is 1.48. The zero-order valence-electron chi connectivity index (χ0n) is 17.4. The first-order chi connectivity index (χ1) is 15.0. The Bertz CT molecular complexity index is 1140. The van der Waals surface area contributed by atoms with Crippen molar-refractivity contribution >= 4 is 38.4 Å². The quantitative estimate of drug-likeness (QED) is 0.561. The summed E-state index contributed by atoms with van der Waals surface area (Å²) in [6.45, 7) is 5.56. The Morgan fingerprint density at radius 3 is 2.71 bits per heavy atom. The van der Waals surface area contributed by atoms with Crippen LogP contribution in [0.25, 0.3) is 10.9 Å². The van der Waals surface area contributed by atoms with Gasteiger partial charge >= 0.3 is 0 Å². The number of aromatic nitrogens is 1. The van der Waals surface area contributed by atoms with Gasteiger partial charge in [0.2, 0.25) is 5.56 Å². The summed E-state index contributed by atoms with van der Waals surface area (Å²) in [5.41, 5.74) is 1.18. The van der Waals surface area contributed by atoms with E-state index < -0.39 is 0 Å². The molecule has 1 aliphatic heterocycles. The number of anilines is 1. The summed E-state index contributed by atoms with van der Waals surface area (Å²) in [4.78, 5) is 32.5. The van der Waals surface area contributed by atoms with E-state index in [9.17, 15) is 9.59 Å². The fourth-order valence-electron chi connectivity index (χ4n) is 3.66. The molecule has 0 spiro atoms. The summed E-state index contributed by atoms with van der Waals surface area (Å²) in [6, 6.07) is 14.1. The van der Waals surface area contributed by atoms with E-state index in [0.29, 0.717) is 34.5 Å². The van der Waals surface area contributed by atoms with Crippen LogP contribution in [0.15, 0.2) is 57.8 Å². The molecule has 0 aliphatic carbocycles. The van der Waals surface area contributed by atoms with Gasteiger partial charge in [0.1, 0.15) is 12.4 Å². The summed E-state index contributed by atoms with van der Waals surface area (Å²) < 4.78 is 6.82. The fraction of sp³-hybridized carbons (Fsp3) is 0.304. The lowest BCUT2D eigenvalue weighted by molar-refractivity contribution is 0.102. The van der Waals surface area contributed by atoms with Crippen LogP contribution in [0, 0.1) is 0 Å². The summed E-state index contributed by atoms with van der Waals surface area (Å²) >= 11 is 3.43. The van der Waals surface area contributed by atoms with Crippen molar-refractivity contribution in [2.45, 2.75) is 0 Å². The van der Waals surface area contributed by atoms with Crippen LogP contribution in [0.5, 0.6) is 5.75 Å². The molecule has 1 saturated heterocycles. The molecule has 1 fully saturated rings. The lowest BCUT2D eigenvalue weighted by Gasteiger charge is -2.32.